The molecule has 0 N–H and O–H groups in total. The van der Waals surface area contributed by atoms with Crippen molar-refractivity contribution < 1.29 is 12.8 Å². The summed E-state index contributed by atoms with van der Waals surface area (Å²) in [4.78, 5) is 4.46. The number of benzene rings is 1. The Morgan fingerprint density at radius 2 is 2.25 bits per heavy atom. The smallest absolute Gasteiger partial charge is 0.256 e. The Bertz CT molecular complexity index is 621. The van der Waals surface area contributed by atoms with Gasteiger partial charge in [-0.05, 0) is 18.4 Å². The molecule has 0 radical (unpaired) electrons. The lowest BCUT2D eigenvalue weighted by Gasteiger charge is -1.98. The van der Waals surface area contributed by atoms with E-state index in [-0.39, 0.29) is 8.66 Å². The van der Waals surface area contributed by atoms with Crippen molar-refractivity contribution in [2.45, 2.75) is 10.1 Å². The second-order valence-electron chi connectivity index (χ2n) is 3.04. The summed E-state index contributed by atoms with van der Waals surface area (Å²) in [6.45, 7) is 0. The highest BCUT2D eigenvalue weighted by molar-refractivity contribution is 14.1. The molecule has 0 saturated heterocycles. The average Bonchev–Trinajstić information content (AvgIpc) is 2.70. The van der Waals surface area contributed by atoms with Gasteiger partial charge >= 0.3 is 0 Å². The summed E-state index contributed by atoms with van der Waals surface area (Å²) in [6, 6.07) is 4.75. The van der Waals surface area contributed by atoms with Crippen LogP contribution in [0.2, 0.25) is 0 Å². The molecule has 1 heterocycles. The zero-order valence-corrected chi connectivity index (χ0v) is 12.1. The Hall–Kier alpha value is -0.280. The molecule has 0 unspecified atom stereocenters. The Morgan fingerprint density at radius 1 is 1.50 bits per heavy atom. The number of oxazole rings is 1. The second kappa shape index (κ2) is 4.53. The molecule has 0 aliphatic heterocycles. The van der Waals surface area contributed by atoms with Crippen LogP contribution in [0, 0.1) is 0 Å². The molecule has 1 aromatic heterocycles. The van der Waals surface area contributed by atoms with Crippen molar-refractivity contribution in [2.75, 3.05) is 10.0 Å². The van der Waals surface area contributed by atoms with Gasteiger partial charge in [0.15, 0.2) is 15.4 Å². The monoisotopic (exact) mass is 369 g/mol. The highest BCUT2D eigenvalue weighted by Gasteiger charge is 2.14. The molecule has 0 aliphatic rings. The summed E-state index contributed by atoms with van der Waals surface area (Å²) in [6.07, 6.45) is 1.85. The molecule has 86 valence electrons. The Balaban J connectivity index is 2.60. The van der Waals surface area contributed by atoms with Crippen LogP contribution in [0.1, 0.15) is 0 Å². The predicted octanol–water partition coefficient (Wildman–Crippen LogP) is 2.72. The molecular weight excluding hydrogens is 361 g/mol. The number of hydrogen-bond acceptors (Lipinski definition) is 5. The van der Waals surface area contributed by atoms with Crippen LogP contribution in [0.15, 0.2) is 32.7 Å². The van der Waals surface area contributed by atoms with Gasteiger partial charge in [0, 0.05) is 6.07 Å². The minimum Gasteiger partial charge on any atom is -0.431 e. The Morgan fingerprint density at radius 3 is 2.88 bits per heavy atom. The third kappa shape index (κ3) is 2.21. The second-order valence-corrected chi connectivity index (χ2v) is 7.58. The van der Waals surface area contributed by atoms with Crippen LogP contribution in [0.3, 0.4) is 0 Å². The van der Waals surface area contributed by atoms with Gasteiger partial charge in [-0.25, -0.2) is 13.4 Å². The molecule has 0 bridgehead atoms. The number of nitrogens with zero attached hydrogens (tertiary/aromatic N) is 1. The predicted molar refractivity (Wildman–Crippen MR) is 71.9 cm³/mol. The van der Waals surface area contributed by atoms with Crippen LogP contribution in [0.25, 0.3) is 11.1 Å². The van der Waals surface area contributed by atoms with E-state index in [1.807, 2.05) is 28.8 Å². The van der Waals surface area contributed by atoms with E-state index < -0.39 is 9.84 Å². The molecule has 2 rings (SSSR count). The van der Waals surface area contributed by atoms with Gasteiger partial charge < -0.3 is 4.42 Å². The molecule has 7 heteroatoms. The molecule has 2 aromatic rings. The van der Waals surface area contributed by atoms with Crippen molar-refractivity contribution in [1.29, 1.82) is 0 Å². The molecule has 0 atom stereocenters. The standard InChI is InChI=1S/C9H8INO3S2/c1-15-9-11-7-3-2-6(4-8(7)14-9)16(12,13)5-10/h2-4H,5H2,1H3. The van der Waals surface area contributed by atoms with Crippen molar-refractivity contribution >= 4 is 55.3 Å². The zero-order chi connectivity index (χ0) is 11.8. The number of halogens is 1. The molecule has 1 aromatic carbocycles. The fraction of sp³-hybridized carbons (Fsp3) is 0.222. The first-order chi connectivity index (χ1) is 7.56. The third-order valence-electron chi connectivity index (χ3n) is 2.02. The SMILES string of the molecule is CSc1nc2ccc(S(=O)(=O)CI)cc2o1. The maximum absolute atomic E-state index is 11.6. The van der Waals surface area contributed by atoms with Gasteiger partial charge in [-0.2, -0.15) is 0 Å². The topological polar surface area (TPSA) is 60.2 Å². The maximum Gasteiger partial charge on any atom is 0.256 e. The van der Waals surface area contributed by atoms with Crippen molar-refractivity contribution in [3.63, 3.8) is 0 Å². The minimum absolute atomic E-state index is 0.0553. The molecule has 0 spiro atoms. The fourth-order valence-electron chi connectivity index (χ4n) is 1.23. The molecule has 0 saturated carbocycles. The van der Waals surface area contributed by atoms with E-state index in [1.165, 1.54) is 17.8 Å². The van der Waals surface area contributed by atoms with Gasteiger partial charge in [0.2, 0.25) is 0 Å². The van der Waals surface area contributed by atoms with E-state index in [0.717, 1.165) is 0 Å². The lowest BCUT2D eigenvalue weighted by atomic mass is 10.3. The summed E-state index contributed by atoms with van der Waals surface area (Å²) in [5, 5.41) is 0.541. The van der Waals surface area contributed by atoms with Gasteiger partial charge in [0.05, 0.1) is 4.90 Å². The molecular formula is C9H8INO3S2. The Kier molecular flexibility index (Phi) is 3.45. The minimum atomic E-state index is -3.20. The van der Waals surface area contributed by atoms with Crippen LogP contribution in [0.5, 0.6) is 0 Å². The van der Waals surface area contributed by atoms with Crippen molar-refractivity contribution in [1.82, 2.24) is 4.98 Å². The molecule has 4 nitrogen and oxygen atoms in total. The number of aromatic nitrogens is 1. The van der Waals surface area contributed by atoms with Gasteiger partial charge in [0.25, 0.3) is 5.22 Å². The van der Waals surface area contributed by atoms with Gasteiger partial charge in [-0.15, -0.1) is 0 Å². The van der Waals surface area contributed by atoms with E-state index in [1.54, 1.807) is 12.1 Å². The number of hydrogen-bond donors (Lipinski definition) is 0. The molecule has 0 amide bonds. The van der Waals surface area contributed by atoms with Crippen LogP contribution >= 0.6 is 34.4 Å². The van der Waals surface area contributed by atoms with Gasteiger partial charge in [0.1, 0.15) is 9.28 Å². The lowest BCUT2D eigenvalue weighted by molar-refractivity contribution is 0.489. The number of thioether (sulfide) groups is 1. The average molecular weight is 369 g/mol. The highest BCUT2D eigenvalue weighted by Crippen LogP contribution is 2.24. The van der Waals surface area contributed by atoms with E-state index in [4.69, 9.17) is 4.42 Å². The number of alkyl halides is 1. The number of fused-ring (bicyclic) bond motifs is 1. The van der Waals surface area contributed by atoms with Crippen LogP contribution < -0.4 is 0 Å². The summed E-state index contributed by atoms with van der Waals surface area (Å²) in [5.41, 5.74) is 1.19. The quantitative estimate of drug-likeness (QED) is 0.473. The maximum atomic E-state index is 11.6. The number of sulfone groups is 1. The fourth-order valence-corrected chi connectivity index (χ4v) is 3.36. The summed E-state index contributed by atoms with van der Waals surface area (Å²) >= 11 is 3.22. The lowest BCUT2D eigenvalue weighted by Crippen LogP contribution is -2.00. The largest absolute Gasteiger partial charge is 0.431 e. The van der Waals surface area contributed by atoms with Crippen molar-refractivity contribution in [3.8, 4) is 0 Å². The van der Waals surface area contributed by atoms with Crippen molar-refractivity contribution in [3.05, 3.63) is 18.2 Å². The van der Waals surface area contributed by atoms with E-state index in [2.05, 4.69) is 4.98 Å². The van der Waals surface area contributed by atoms with Gasteiger partial charge in [-0.3, -0.25) is 0 Å². The molecule has 0 aliphatic carbocycles. The van der Waals surface area contributed by atoms with Crippen LogP contribution in [0.4, 0.5) is 0 Å². The normalized spacial score (nSPS) is 12.1. The molecule has 16 heavy (non-hydrogen) atoms. The molecule has 0 fully saturated rings. The van der Waals surface area contributed by atoms with E-state index in [0.29, 0.717) is 16.3 Å². The summed E-state index contributed by atoms with van der Waals surface area (Å²) in [7, 11) is -3.20. The Labute approximate surface area is 111 Å². The highest BCUT2D eigenvalue weighted by atomic mass is 127. The van der Waals surface area contributed by atoms with Gasteiger partial charge in [-0.1, -0.05) is 34.4 Å². The van der Waals surface area contributed by atoms with E-state index in [9.17, 15) is 8.42 Å². The van der Waals surface area contributed by atoms with E-state index >= 15 is 0 Å². The van der Waals surface area contributed by atoms with Crippen LogP contribution in [-0.2, 0) is 9.84 Å². The zero-order valence-electron chi connectivity index (χ0n) is 8.31. The first kappa shape index (κ1) is 12.2. The number of rotatable bonds is 3. The third-order valence-corrected chi connectivity index (χ3v) is 6.26. The first-order valence-electron chi connectivity index (χ1n) is 4.30. The summed E-state index contributed by atoms with van der Waals surface area (Å²) in [5.74, 6) is 0. The van der Waals surface area contributed by atoms with Crippen LogP contribution in [-0.4, -0.2) is 23.4 Å². The first-order valence-corrected chi connectivity index (χ1v) is 8.70. The summed E-state index contributed by atoms with van der Waals surface area (Å²) < 4.78 is 28.7. The van der Waals surface area contributed by atoms with Crippen molar-refractivity contribution in [2.24, 2.45) is 0 Å².